The van der Waals surface area contributed by atoms with Crippen LogP contribution in [-0.4, -0.2) is 37.2 Å². The molecule has 6 nitrogen and oxygen atoms in total. The van der Waals surface area contributed by atoms with Crippen LogP contribution >= 0.6 is 0 Å². The van der Waals surface area contributed by atoms with E-state index >= 15 is 0 Å². The van der Waals surface area contributed by atoms with Gasteiger partial charge in [0.2, 0.25) is 0 Å². The van der Waals surface area contributed by atoms with Crippen LogP contribution in [0.1, 0.15) is 265 Å². The zero-order valence-corrected chi connectivity index (χ0v) is 39.3. The summed E-state index contributed by atoms with van der Waals surface area (Å²) in [5.41, 5.74) is 0. The second-order valence-corrected chi connectivity index (χ2v) is 17.1. The first-order valence-electron chi connectivity index (χ1n) is 25.5. The van der Waals surface area contributed by atoms with Crippen LogP contribution in [0.3, 0.4) is 0 Å². The number of carbonyl (C=O) groups is 3. The fourth-order valence-corrected chi connectivity index (χ4v) is 7.34. The van der Waals surface area contributed by atoms with Gasteiger partial charge in [0, 0.05) is 19.3 Å². The lowest BCUT2D eigenvalue weighted by atomic mass is 10.0. The molecule has 0 aliphatic rings. The zero-order valence-electron chi connectivity index (χ0n) is 39.3. The van der Waals surface area contributed by atoms with Gasteiger partial charge >= 0.3 is 17.9 Å². The Balaban J connectivity index is 4.23. The van der Waals surface area contributed by atoms with E-state index < -0.39 is 6.10 Å². The first-order chi connectivity index (χ1) is 29.0. The maximum absolute atomic E-state index is 12.7. The predicted octanol–water partition coefficient (Wildman–Crippen LogP) is 16.5. The van der Waals surface area contributed by atoms with Crippen molar-refractivity contribution in [2.75, 3.05) is 13.2 Å². The Hall–Kier alpha value is -2.37. The summed E-state index contributed by atoms with van der Waals surface area (Å²) in [6.07, 6.45) is 55.8. The Kier molecular flexibility index (Phi) is 46.4. The summed E-state index contributed by atoms with van der Waals surface area (Å²) < 4.78 is 16.7. The highest BCUT2D eigenvalue weighted by Crippen LogP contribution is 2.16. The maximum atomic E-state index is 12.7. The summed E-state index contributed by atoms with van der Waals surface area (Å²) in [5, 5.41) is 0. The van der Waals surface area contributed by atoms with Gasteiger partial charge in [0.25, 0.3) is 0 Å². The molecule has 0 amide bonds. The van der Waals surface area contributed by atoms with Gasteiger partial charge in [-0.1, -0.05) is 231 Å². The van der Waals surface area contributed by atoms with Crippen LogP contribution in [0.5, 0.6) is 0 Å². The Morgan fingerprint density at radius 1 is 0.356 bits per heavy atom. The molecule has 59 heavy (non-hydrogen) atoms. The summed E-state index contributed by atoms with van der Waals surface area (Å²) >= 11 is 0. The normalized spacial score (nSPS) is 12.3. The molecule has 0 bridgehead atoms. The molecular weight excluding hydrogens is 733 g/mol. The van der Waals surface area contributed by atoms with E-state index in [0.717, 1.165) is 83.5 Å². The van der Waals surface area contributed by atoms with E-state index in [1.165, 1.54) is 141 Å². The minimum Gasteiger partial charge on any atom is -0.462 e. The molecule has 0 N–H and O–H groups in total. The molecule has 0 spiro atoms. The van der Waals surface area contributed by atoms with E-state index in [9.17, 15) is 14.4 Å². The summed E-state index contributed by atoms with van der Waals surface area (Å²) in [4.78, 5) is 37.8. The van der Waals surface area contributed by atoms with Gasteiger partial charge in [-0.05, 0) is 51.4 Å². The molecule has 0 rings (SSSR count). The quantitative estimate of drug-likeness (QED) is 0.0263. The summed E-state index contributed by atoms with van der Waals surface area (Å²) in [5.74, 6) is -0.905. The van der Waals surface area contributed by atoms with E-state index in [0.29, 0.717) is 19.3 Å². The molecule has 1 unspecified atom stereocenters. The highest BCUT2D eigenvalue weighted by atomic mass is 16.6. The molecule has 0 radical (unpaired) electrons. The minimum absolute atomic E-state index is 0.0804. The minimum atomic E-state index is -0.780. The predicted molar refractivity (Wildman–Crippen MR) is 252 cm³/mol. The highest BCUT2D eigenvalue weighted by Gasteiger charge is 2.19. The van der Waals surface area contributed by atoms with E-state index in [1.54, 1.807) is 0 Å². The van der Waals surface area contributed by atoms with Gasteiger partial charge in [-0.2, -0.15) is 0 Å². The van der Waals surface area contributed by atoms with E-state index in [1.807, 2.05) is 0 Å². The number of allylic oxidation sites excluding steroid dienone is 6. The molecule has 0 heterocycles. The Bertz CT molecular complexity index is 1000. The van der Waals surface area contributed by atoms with Gasteiger partial charge in [0.15, 0.2) is 6.10 Å². The van der Waals surface area contributed by atoms with Crippen LogP contribution in [-0.2, 0) is 28.6 Å². The van der Waals surface area contributed by atoms with Crippen LogP contribution in [0.15, 0.2) is 36.5 Å². The number of rotatable bonds is 46. The van der Waals surface area contributed by atoms with Crippen molar-refractivity contribution in [2.45, 2.75) is 271 Å². The third-order valence-corrected chi connectivity index (χ3v) is 11.2. The second-order valence-electron chi connectivity index (χ2n) is 17.1. The van der Waals surface area contributed by atoms with Crippen LogP contribution < -0.4 is 0 Å². The number of hydrogen-bond acceptors (Lipinski definition) is 6. The van der Waals surface area contributed by atoms with Crippen LogP contribution in [0.2, 0.25) is 0 Å². The third kappa shape index (κ3) is 46.5. The molecule has 0 aromatic heterocycles. The lowest BCUT2D eigenvalue weighted by Gasteiger charge is -2.18. The van der Waals surface area contributed by atoms with Gasteiger partial charge in [-0.15, -0.1) is 0 Å². The molecule has 344 valence electrons. The fourth-order valence-electron chi connectivity index (χ4n) is 7.34. The average molecular weight is 829 g/mol. The number of esters is 3. The van der Waals surface area contributed by atoms with Gasteiger partial charge in [0.1, 0.15) is 13.2 Å². The van der Waals surface area contributed by atoms with E-state index in [-0.39, 0.29) is 31.1 Å². The number of ether oxygens (including phenoxy) is 3. The molecule has 0 fully saturated rings. The third-order valence-electron chi connectivity index (χ3n) is 11.2. The first kappa shape index (κ1) is 56.6. The zero-order chi connectivity index (χ0) is 43.0. The fraction of sp³-hybridized carbons (Fsp3) is 0.830. The molecular formula is C53H96O6. The molecule has 0 aliphatic carbocycles. The van der Waals surface area contributed by atoms with Crippen LogP contribution in [0.25, 0.3) is 0 Å². The topological polar surface area (TPSA) is 78.9 Å². The molecule has 1 atom stereocenters. The van der Waals surface area contributed by atoms with Crippen molar-refractivity contribution in [3.63, 3.8) is 0 Å². The van der Waals surface area contributed by atoms with Gasteiger partial charge < -0.3 is 14.2 Å². The lowest BCUT2D eigenvalue weighted by Crippen LogP contribution is -2.30. The largest absolute Gasteiger partial charge is 0.462 e. The van der Waals surface area contributed by atoms with E-state index in [2.05, 4.69) is 57.2 Å². The molecule has 0 saturated heterocycles. The van der Waals surface area contributed by atoms with Crippen molar-refractivity contribution in [2.24, 2.45) is 0 Å². The molecule has 0 aromatic rings. The van der Waals surface area contributed by atoms with Gasteiger partial charge in [-0.3, -0.25) is 14.4 Å². The molecule has 0 aliphatic heterocycles. The Morgan fingerprint density at radius 2 is 0.661 bits per heavy atom. The van der Waals surface area contributed by atoms with Crippen LogP contribution in [0, 0.1) is 0 Å². The SMILES string of the molecule is CC/C=C\C/C=C\C/C=C\CCCCCC(=O)OC(COC(=O)CCCCCCCCCC)COC(=O)CCCCCCCCCCCCCCCCCCCCCC. The number of unbranched alkanes of at least 4 members (excludes halogenated alkanes) is 29. The Morgan fingerprint density at radius 3 is 1.03 bits per heavy atom. The maximum Gasteiger partial charge on any atom is 0.306 e. The highest BCUT2D eigenvalue weighted by molar-refractivity contribution is 5.71. The molecule has 6 heteroatoms. The number of carbonyl (C=O) groups excluding carboxylic acids is 3. The van der Waals surface area contributed by atoms with Crippen molar-refractivity contribution in [3.05, 3.63) is 36.5 Å². The smallest absolute Gasteiger partial charge is 0.306 e. The van der Waals surface area contributed by atoms with E-state index in [4.69, 9.17) is 14.2 Å². The van der Waals surface area contributed by atoms with Crippen molar-refractivity contribution in [1.29, 1.82) is 0 Å². The average Bonchev–Trinajstić information content (AvgIpc) is 3.23. The lowest BCUT2D eigenvalue weighted by molar-refractivity contribution is -0.167. The Labute approximate surface area is 365 Å². The van der Waals surface area contributed by atoms with Crippen molar-refractivity contribution in [3.8, 4) is 0 Å². The standard InChI is InChI=1S/C53H96O6/c1-4-7-10-13-16-19-21-23-24-25-26-27-28-29-31-32-34-37-40-43-46-52(55)58-49-50(48-57-51(54)45-42-39-36-18-15-12-9-6-3)59-53(56)47-44-41-38-35-33-30-22-20-17-14-11-8-5-2/h8,11,17,20,30,33,50H,4-7,9-10,12-16,18-19,21-29,31-32,34-49H2,1-3H3/b11-8-,20-17-,33-30-. The van der Waals surface area contributed by atoms with Crippen molar-refractivity contribution in [1.82, 2.24) is 0 Å². The summed E-state index contributed by atoms with van der Waals surface area (Å²) in [6.45, 7) is 6.49. The van der Waals surface area contributed by atoms with Crippen LogP contribution in [0.4, 0.5) is 0 Å². The summed E-state index contributed by atoms with van der Waals surface area (Å²) in [7, 11) is 0. The molecule has 0 aromatic carbocycles. The number of hydrogen-bond donors (Lipinski definition) is 0. The first-order valence-corrected chi connectivity index (χ1v) is 25.5. The van der Waals surface area contributed by atoms with Gasteiger partial charge in [-0.25, -0.2) is 0 Å². The van der Waals surface area contributed by atoms with Crippen molar-refractivity contribution < 1.29 is 28.6 Å². The summed E-state index contributed by atoms with van der Waals surface area (Å²) in [6, 6.07) is 0. The second kappa shape index (κ2) is 48.3. The molecule has 0 saturated carbocycles. The monoisotopic (exact) mass is 829 g/mol. The van der Waals surface area contributed by atoms with Crippen molar-refractivity contribution >= 4 is 17.9 Å². The van der Waals surface area contributed by atoms with Gasteiger partial charge in [0.05, 0.1) is 0 Å².